The van der Waals surface area contributed by atoms with Gasteiger partial charge in [-0.25, -0.2) is 0 Å². The van der Waals surface area contributed by atoms with Crippen molar-refractivity contribution in [3.8, 4) is 0 Å². The van der Waals surface area contributed by atoms with Gasteiger partial charge < -0.3 is 5.11 Å². The first-order chi connectivity index (χ1) is 5.05. The predicted octanol–water partition coefficient (Wildman–Crippen LogP) is 2.11. The molecule has 2 rings (SSSR count). The van der Waals surface area contributed by atoms with Gasteiger partial charge in [0.05, 0.1) is 5.60 Å². The molecule has 0 bridgehead atoms. The summed E-state index contributed by atoms with van der Waals surface area (Å²) in [5.41, 5.74) is -0.108. The third-order valence-electron chi connectivity index (χ3n) is 3.59. The summed E-state index contributed by atoms with van der Waals surface area (Å²) in [7, 11) is 0. The maximum absolute atomic E-state index is 9.94. The van der Waals surface area contributed by atoms with Crippen molar-refractivity contribution in [1.29, 1.82) is 0 Å². The van der Waals surface area contributed by atoms with Gasteiger partial charge in [0.2, 0.25) is 0 Å². The molecule has 0 aromatic rings. The van der Waals surface area contributed by atoms with E-state index in [0.717, 1.165) is 6.42 Å². The Bertz CT molecular complexity index is 205. The molecular formula is C10H16O. The Labute approximate surface area is 68.1 Å². The molecule has 1 fully saturated rings. The van der Waals surface area contributed by atoms with Crippen LogP contribution in [0.15, 0.2) is 12.2 Å². The van der Waals surface area contributed by atoms with Gasteiger partial charge in [-0.15, -0.1) is 0 Å². The van der Waals surface area contributed by atoms with Crippen molar-refractivity contribution in [2.24, 2.45) is 11.3 Å². The molecule has 0 amide bonds. The van der Waals surface area contributed by atoms with Gasteiger partial charge in [0.15, 0.2) is 0 Å². The van der Waals surface area contributed by atoms with Crippen LogP contribution in [0.5, 0.6) is 0 Å². The van der Waals surface area contributed by atoms with E-state index in [2.05, 4.69) is 13.0 Å². The monoisotopic (exact) mass is 152 g/mol. The van der Waals surface area contributed by atoms with E-state index < -0.39 is 5.60 Å². The molecule has 0 heterocycles. The van der Waals surface area contributed by atoms with Crippen LogP contribution in [0.1, 0.15) is 33.1 Å². The molecule has 11 heavy (non-hydrogen) atoms. The second kappa shape index (κ2) is 1.89. The normalized spacial score (nSPS) is 55.0. The molecule has 3 atom stereocenters. The van der Waals surface area contributed by atoms with E-state index in [1.165, 1.54) is 12.8 Å². The molecule has 2 aliphatic carbocycles. The maximum Gasteiger partial charge on any atom is 0.0832 e. The summed E-state index contributed by atoms with van der Waals surface area (Å²) in [6.07, 6.45) is 7.76. The van der Waals surface area contributed by atoms with Gasteiger partial charge in [0.25, 0.3) is 0 Å². The van der Waals surface area contributed by atoms with Crippen molar-refractivity contribution in [3.05, 3.63) is 12.2 Å². The summed E-state index contributed by atoms with van der Waals surface area (Å²) < 4.78 is 0. The Morgan fingerprint density at radius 1 is 1.45 bits per heavy atom. The number of hydrogen-bond acceptors (Lipinski definition) is 1. The molecule has 1 heteroatoms. The summed E-state index contributed by atoms with van der Waals surface area (Å²) in [5.74, 6) is 0.514. The van der Waals surface area contributed by atoms with Crippen molar-refractivity contribution in [1.82, 2.24) is 0 Å². The van der Waals surface area contributed by atoms with E-state index in [1.54, 1.807) is 0 Å². The fraction of sp³-hybridized carbons (Fsp3) is 0.800. The van der Waals surface area contributed by atoms with Gasteiger partial charge >= 0.3 is 0 Å². The first kappa shape index (κ1) is 7.35. The van der Waals surface area contributed by atoms with Crippen LogP contribution in [0.3, 0.4) is 0 Å². The van der Waals surface area contributed by atoms with Crippen LogP contribution in [0.4, 0.5) is 0 Å². The molecule has 0 aromatic carbocycles. The van der Waals surface area contributed by atoms with Crippen LogP contribution in [0, 0.1) is 11.3 Å². The van der Waals surface area contributed by atoms with Gasteiger partial charge in [-0.1, -0.05) is 19.1 Å². The van der Waals surface area contributed by atoms with Crippen LogP contribution in [-0.4, -0.2) is 10.7 Å². The lowest BCUT2D eigenvalue weighted by atomic mass is 9.52. The second-order valence-corrected chi connectivity index (χ2v) is 4.58. The predicted molar refractivity (Wildman–Crippen MR) is 45.2 cm³/mol. The second-order valence-electron chi connectivity index (χ2n) is 4.58. The molecule has 0 saturated heterocycles. The molecule has 2 aliphatic rings. The summed E-state index contributed by atoms with van der Waals surface area (Å²) in [4.78, 5) is 0. The lowest BCUT2D eigenvalue weighted by molar-refractivity contribution is -0.0940. The van der Waals surface area contributed by atoms with Gasteiger partial charge in [0.1, 0.15) is 0 Å². The number of fused-ring (bicyclic) bond motifs is 1. The average Bonchev–Trinajstić information content (AvgIpc) is 1.81. The smallest absolute Gasteiger partial charge is 0.0832 e. The highest BCUT2D eigenvalue weighted by Gasteiger charge is 2.51. The zero-order valence-corrected chi connectivity index (χ0v) is 7.30. The third kappa shape index (κ3) is 0.871. The minimum absolute atomic E-state index is 0.415. The molecule has 0 aromatic heterocycles. The zero-order chi connectivity index (χ0) is 8.11. The third-order valence-corrected chi connectivity index (χ3v) is 3.59. The quantitative estimate of drug-likeness (QED) is 0.527. The van der Waals surface area contributed by atoms with Crippen LogP contribution in [0.2, 0.25) is 0 Å². The van der Waals surface area contributed by atoms with Crippen LogP contribution in [-0.2, 0) is 0 Å². The van der Waals surface area contributed by atoms with Gasteiger partial charge in [0, 0.05) is 0 Å². The first-order valence-electron chi connectivity index (χ1n) is 4.45. The minimum atomic E-state index is -0.523. The van der Waals surface area contributed by atoms with E-state index in [9.17, 15) is 5.11 Å². The fourth-order valence-corrected chi connectivity index (χ4v) is 2.71. The maximum atomic E-state index is 9.94. The summed E-state index contributed by atoms with van der Waals surface area (Å²) in [6, 6.07) is 0. The van der Waals surface area contributed by atoms with Crippen LogP contribution >= 0.6 is 0 Å². The van der Waals surface area contributed by atoms with Gasteiger partial charge in [-0.05, 0) is 37.5 Å². The van der Waals surface area contributed by atoms with Crippen molar-refractivity contribution in [3.63, 3.8) is 0 Å². The van der Waals surface area contributed by atoms with Gasteiger partial charge in [-0.3, -0.25) is 0 Å². The topological polar surface area (TPSA) is 20.2 Å². The summed E-state index contributed by atoms with van der Waals surface area (Å²) in [5, 5.41) is 9.94. The molecule has 1 N–H and O–H groups in total. The Morgan fingerprint density at radius 3 is 2.55 bits per heavy atom. The molecule has 0 radical (unpaired) electrons. The largest absolute Gasteiger partial charge is 0.386 e. The van der Waals surface area contributed by atoms with Crippen LogP contribution in [0.25, 0.3) is 0 Å². The van der Waals surface area contributed by atoms with E-state index in [1.807, 2.05) is 13.0 Å². The van der Waals surface area contributed by atoms with Gasteiger partial charge in [-0.2, -0.15) is 0 Å². The van der Waals surface area contributed by atoms with Crippen molar-refractivity contribution in [2.45, 2.75) is 38.7 Å². The Hall–Kier alpha value is -0.300. The number of aliphatic hydroxyl groups is 1. The number of hydrogen-bond donors (Lipinski definition) is 1. The summed E-state index contributed by atoms with van der Waals surface area (Å²) in [6.45, 7) is 4.23. The Balaban J connectivity index is 2.29. The zero-order valence-electron chi connectivity index (χ0n) is 7.30. The molecule has 1 saturated carbocycles. The van der Waals surface area contributed by atoms with E-state index in [0.29, 0.717) is 11.3 Å². The number of rotatable bonds is 0. The summed E-state index contributed by atoms with van der Waals surface area (Å²) >= 11 is 0. The van der Waals surface area contributed by atoms with E-state index >= 15 is 0 Å². The van der Waals surface area contributed by atoms with Crippen LogP contribution < -0.4 is 0 Å². The lowest BCUT2D eigenvalue weighted by Crippen LogP contribution is -2.52. The van der Waals surface area contributed by atoms with Crippen molar-refractivity contribution >= 4 is 0 Å². The molecule has 1 nitrogen and oxygen atoms in total. The highest BCUT2D eigenvalue weighted by atomic mass is 16.3. The average molecular weight is 152 g/mol. The Kier molecular flexibility index (Phi) is 1.26. The standard InChI is InChI=1S/C10H16O/c1-9-5-3-6-10(2,11)8(9)4-7-9/h3,6,8,11H,4-5,7H2,1-2H3. The SMILES string of the molecule is CC1(O)C=CCC2(C)CCC12. The molecule has 0 spiro atoms. The molecule has 0 aliphatic heterocycles. The van der Waals surface area contributed by atoms with E-state index in [-0.39, 0.29) is 0 Å². The highest BCUT2D eigenvalue weighted by molar-refractivity contribution is 5.16. The lowest BCUT2D eigenvalue weighted by Gasteiger charge is -2.55. The number of allylic oxidation sites excluding steroid dienone is 1. The molecule has 62 valence electrons. The fourth-order valence-electron chi connectivity index (χ4n) is 2.71. The first-order valence-corrected chi connectivity index (χ1v) is 4.45. The van der Waals surface area contributed by atoms with E-state index in [4.69, 9.17) is 0 Å². The van der Waals surface area contributed by atoms with Crippen molar-refractivity contribution in [2.75, 3.05) is 0 Å². The van der Waals surface area contributed by atoms with Crippen molar-refractivity contribution < 1.29 is 5.11 Å². The Morgan fingerprint density at radius 2 is 2.18 bits per heavy atom. The highest BCUT2D eigenvalue weighted by Crippen LogP contribution is 2.56. The molecule has 3 unspecified atom stereocenters. The minimum Gasteiger partial charge on any atom is -0.386 e. The molecular weight excluding hydrogens is 136 g/mol.